The summed E-state index contributed by atoms with van der Waals surface area (Å²) < 4.78 is 0. The fourth-order valence-corrected chi connectivity index (χ4v) is 3.36. The number of fused-ring (bicyclic) bond motifs is 2. The number of hydrogen-bond acceptors (Lipinski definition) is 6. The van der Waals surface area contributed by atoms with Crippen LogP contribution >= 0.6 is 11.6 Å². The van der Waals surface area contributed by atoms with E-state index < -0.39 is 0 Å². The third-order valence-electron chi connectivity index (χ3n) is 4.36. The van der Waals surface area contributed by atoms with E-state index >= 15 is 0 Å². The zero-order valence-corrected chi connectivity index (χ0v) is 12.8. The molecule has 110 valence electrons. The SMILES string of the molecule is CCNc1nc(Cl)nc(N2CCC3CCC(C2)N3C)n1. The number of nitrogens with one attached hydrogen (secondary N) is 1. The lowest BCUT2D eigenvalue weighted by Gasteiger charge is -2.25. The molecule has 0 radical (unpaired) electrons. The lowest BCUT2D eigenvalue weighted by atomic mass is 10.1. The maximum absolute atomic E-state index is 6.01. The second-order valence-electron chi connectivity index (χ2n) is 5.54. The number of halogens is 1. The van der Waals surface area contributed by atoms with Crippen LogP contribution in [-0.4, -0.2) is 58.6 Å². The van der Waals surface area contributed by atoms with E-state index in [1.807, 2.05) is 6.92 Å². The van der Waals surface area contributed by atoms with Gasteiger partial charge in [0.25, 0.3) is 0 Å². The van der Waals surface area contributed by atoms with Gasteiger partial charge in [0.05, 0.1) is 0 Å². The molecular weight excluding hydrogens is 276 g/mol. The highest BCUT2D eigenvalue weighted by Crippen LogP contribution is 2.30. The molecule has 7 heteroatoms. The smallest absolute Gasteiger partial charge is 0.231 e. The van der Waals surface area contributed by atoms with Crippen LogP contribution in [0.1, 0.15) is 26.2 Å². The Morgan fingerprint density at radius 3 is 2.80 bits per heavy atom. The van der Waals surface area contributed by atoms with Crippen molar-refractivity contribution < 1.29 is 0 Å². The van der Waals surface area contributed by atoms with Gasteiger partial charge in [-0.15, -0.1) is 0 Å². The lowest BCUT2D eigenvalue weighted by Crippen LogP contribution is -2.37. The van der Waals surface area contributed by atoms with Crippen LogP contribution in [0.2, 0.25) is 5.28 Å². The quantitative estimate of drug-likeness (QED) is 0.915. The molecule has 2 bridgehead atoms. The number of anilines is 2. The molecule has 20 heavy (non-hydrogen) atoms. The molecule has 2 unspecified atom stereocenters. The first kappa shape index (κ1) is 13.8. The molecule has 1 N–H and O–H groups in total. The van der Waals surface area contributed by atoms with Gasteiger partial charge in [0.2, 0.25) is 17.2 Å². The van der Waals surface area contributed by atoms with Gasteiger partial charge in [0, 0.05) is 31.7 Å². The summed E-state index contributed by atoms with van der Waals surface area (Å²) in [5, 5.41) is 3.36. The van der Waals surface area contributed by atoms with E-state index in [9.17, 15) is 0 Å². The van der Waals surface area contributed by atoms with E-state index in [1.165, 1.54) is 12.8 Å². The van der Waals surface area contributed by atoms with Crippen LogP contribution in [0.4, 0.5) is 11.9 Å². The monoisotopic (exact) mass is 296 g/mol. The van der Waals surface area contributed by atoms with Gasteiger partial charge in [-0.25, -0.2) is 0 Å². The summed E-state index contributed by atoms with van der Waals surface area (Å²) in [5.74, 6) is 1.26. The molecule has 0 saturated carbocycles. The van der Waals surface area contributed by atoms with Gasteiger partial charge < -0.3 is 10.2 Å². The minimum atomic E-state index is 0.258. The van der Waals surface area contributed by atoms with Crippen molar-refractivity contribution in [3.63, 3.8) is 0 Å². The Labute approximate surface area is 124 Å². The first-order valence-electron chi connectivity index (χ1n) is 7.29. The number of aromatic nitrogens is 3. The molecule has 0 aromatic carbocycles. The largest absolute Gasteiger partial charge is 0.354 e. The topological polar surface area (TPSA) is 57.2 Å². The summed E-state index contributed by atoms with van der Waals surface area (Å²) in [6, 6.07) is 1.30. The van der Waals surface area contributed by atoms with Gasteiger partial charge >= 0.3 is 0 Å². The molecule has 2 saturated heterocycles. The molecule has 0 aliphatic carbocycles. The van der Waals surface area contributed by atoms with Crippen LogP contribution in [-0.2, 0) is 0 Å². The van der Waals surface area contributed by atoms with Gasteiger partial charge in [-0.3, -0.25) is 4.90 Å². The zero-order valence-electron chi connectivity index (χ0n) is 12.0. The molecule has 3 heterocycles. The molecular formula is C13H21ClN6. The Morgan fingerprint density at radius 1 is 1.20 bits per heavy atom. The Kier molecular flexibility index (Phi) is 3.94. The maximum atomic E-state index is 6.01. The third kappa shape index (κ3) is 2.67. The fraction of sp³-hybridized carbons (Fsp3) is 0.769. The molecule has 2 fully saturated rings. The van der Waals surface area contributed by atoms with Crippen molar-refractivity contribution in [1.82, 2.24) is 19.9 Å². The molecule has 2 aliphatic heterocycles. The predicted molar refractivity (Wildman–Crippen MR) is 80.4 cm³/mol. The molecule has 1 aromatic rings. The molecule has 2 aliphatic rings. The molecule has 0 spiro atoms. The predicted octanol–water partition coefficient (Wildman–Crippen LogP) is 1.63. The normalized spacial score (nSPS) is 26.6. The summed E-state index contributed by atoms with van der Waals surface area (Å²) in [5.41, 5.74) is 0. The second-order valence-corrected chi connectivity index (χ2v) is 5.88. The fourth-order valence-electron chi connectivity index (χ4n) is 3.21. The summed E-state index contributed by atoms with van der Waals surface area (Å²) >= 11 is 6.01. The van der Waals surface area contributed by atoms with Crippen molar-refractivity contribution in [3.05, 3.63) is 5.28 Å². The summed E-state index contributed by atoms with van der Waals surface area (Å²) in [6.07, 6.45) is 3.74. The summed E-state index contributed by atoms with van der Waals surface area (Å²) in [4.78, 5) is 17.6. The molecule has 1 aromatic heterocycles. The Hall–Kier alpha value is -1.14. The first-order valence-corrected chi connectivity index (χ1v) is 7.67. The van der Waals surface area contributed by atoms with E-state index in [0.717, 1.165) is 26.1 Å². The van der Waals surface area contributed by atoms with Crippen LogP contribution < -0.4 is 10.2 Å². The van der Waals surface area contributed by atoms with Crippen LogP contribution in [0, 0.1) is 0 Å². The Bertz CT molecular complexity index is 482. The molecule has 0 amide bonds. The van der Waals surface area contributed by atoms with E-state index in [1.54, 1.807) is 0 Å². The number of likely N-dealkylation sites (N-methyl/N-ethyl adjacent to an activating group) is 1. The standard InChI is InChI=1S/C13H21ClN6/c1-3-15-12-16-11(14)17-13(18-12)20-7-6-9-4-5-10(8-20)19(9)2/h9-10H,3-8H2,1-2H3,(H,15,16,17,18). The van der Waals surface area contributed by atoms with Gasteiger partial charge in [-0.2, -0.15) is 15.0 Å². The average Bonchev–Trinajstić information content (AvgIpc) is 2.62. The van der Waals surface area contributed by atoms with Crippen LogP contribution in [0.15, 0.2) is 0 Å². The summed E-state index contributed by atoms with van der Waals surface area (Å²) in [6.45, 7) is 4.74. The molecule has 2 atom stereocenters. The van der Waals surface area contributed by atoms with E-state index in [0.29, 0.717) is 24.0 Å². The van der Waals surface area contributed by atoms with Gasteiger partial charge in [0.15, 0.2) is 0 Å². The molecule has 6 nitrogen and oxygen atoms in total. The highest BCUT2D eigenvalue weighted by atomic mass is 35.5. The van der Waals surface area contributed by atoms with Gasteiger partial charge in [-0.1, -0.05) is 0 Å². The Balaban J connectivity index is 1.82. The van der Waals surface area contributed by atoms with E-state index in [-0.39, 0.29) is 5.28 Å². The minimum absolute atomic E-state index is 0.258. The van der Waals surface area contributed by atoms with E-state index in [2.05, 4.69) is 37.1 Å². The molecule has 3 rings (SSSR count). The van der Waals surface area contributed by atoms with Crippen LogP contribution in [0.5, 0.6) is 0 Å². The van der Waals surface area contributed by atoms with Crippen molar-refractivity contribution >= 4 is 23.5 Å². The second kappa shape index (κ2) is 5.69. The van der Waals surface area contributed by atoms with Crippen molar-refractivity contribution in [1.29, 1.82) is 0 Å². The maximum Gasteiger partial charge on any atom is 0.231 e. The van der Waals surface area contributed by atoms with Crippen LogP contribution in [0.25, 0.3) is 0 Å². The van der Waals surface area contributed by atoms with Crippen molar-refractivity contribution in [2.24, 2.45) is 0 Å². The van der Waals surface area contributed by atoms with Crippen LogP contribution in [0.3, 0.4) is 0 Å². The average molecular weight is 297 g/mol. The zero-order chi connectivity index (χ0) is 14.1. The van der Waals surface area contributed by atoms with Crippen molar-refractivity contribution in [3.8, 4) is 0 Å². The highest BCUT2D eigenvalue weighted by Gasteiger charge is 2.35. The highest BCUT2D eigenvalue weighted by molar-refractivity contribution is 6.28. The number of hydrogen-bond donors (Lipinski definition) is 1. The lowest BCUT2D eigenvalue weighted by molar-refractivity contribution is 0.254. The van der Waals surface area contributed by atoms with Gasteiger partial charge in [-0.05, 0) is 44.8 Å². The van der Waals surface area contributed by atoms with Gasteiger partial charge in [0.1, 0.15) is 0 Å². The van der Waals surface area contributed by atoms with E-state index in [4.69, 9.17) is 11.6 Å². The summed E-state index contributed by atoms with van der Waals surface area (Å²) in [7, 11) is 2.23. The number of rotatable bonds is 3. The third-order valence-corrected chi connectivity index (χ3v) is 4.53. The van der Waals surface area contributed by atoms with Crippen molar-refractivity contribution in [2.75, 3.05) is 36.9 Å². The Morgan fingerprint density at radius 2 is 2.00 bits per heavy atom. The minimum Gasteiger partial charge on any atom is -0.354 e. The first-order chi connectivity index (χ1) is 9.67. The number of nitrogens with zero attached hydrogens (tertiary/aromatic N) is 5. The van der Waals surface area contributed by atoms with Crippen molar-refractivity contribution in [2.45, 2.75) is 38.3 Å².